The van der Waals surface area contributed by atoms with Gasteiger partial charge in [-0.15, -0.1) is 0 Å². The highest BCUT2D eigenvalue weighted by molar-refractivity contribution is 5.76. The van der Waals surface area contributed by atoms with Gasteiger partial charge in [-0.1, -0.05) is 13.8 Å². The topological polar surface area (TPSA) is 32.3 Å². The number of fused-ring (bicyclic) bond motifs is 2. The molecule has 2 fully saturated rings. The van der Waals surface area contributed by atoms with Crippen molar-refractivity contribution in [1.82, 2.24) is 10.2 Å². The zero-order chi connectivity index (χ0) is 10.8. The van der Waals surface area contributed by atoms with E-state index in [0.717, 1.165) is 19.5 Å². The van der Waals surface area contributed by atoms with Gasteiger partial charge in [-0.25, -0.2) is 0 Å². The average Bonchev–Trinajstić information content (AvgIpc) is 2.44. The number of rotatable bonds is 2. The third-order valence-electron chi connectivity index (χ3n) is 3.46. The van der Waals surface area contributed by atoms with Gasteiger partial charge < -0.3 is 10.2 Å². The molecule has 0 saturated carbocycles. The second-order valence-corrected chi connectivity index (χ2v) is 5.36. The van der Waals surface area contributed by atoms with Crippen LogP contribution in [0.3, 0.4) is 0 Å². The van der Waals surface area contributed by atoms with Crippen LogP contribution in [0.4, 0.5) is 0 Å². The first-order chi connectivity index (χ1) is 7.15. The van der Waals surface area contributed by atoms with Crippen molar-refractivity contribution in [3.8, 4) is 0 Å². The van der Waals surface area contributed by atoms with Gasteiger partial charge in [-0.2, -0.15) is 0 Å². The van der Waals surface area contributed by atoms with Crippen LogP contribution in [-0.2, 0) is 4.79 Å². The number of likely N-dealkylation sites (tertiary alicyclic amines) is 1. The van der Waals surface area contributed by atoms with E-state index in [2.05, 4.69) is 24.1 Å². The molecule has 86 valence electrons. The number of hydrogen-bond acceptors (Lipinski definition) is 2. The smallest absolute Gasteiger partial charge is 0.222 e. The predicted molar refractivity (Wildman–Crippen MR) is 60.6 cm³/mol. The molecular formula is C12H22N2O. The third kappa shape index (κ3) is 2.71. The van der Waals surface area contributed by atoms with Crippen LogP contribution in [-0.4, -0.2) is 36.0 Å². The third-order valence-corrected chi connectivity index (χ3v) is 3.46. The standard InChI is InChI=1S/C12H22N2O/c1-9(2)7-12(15)14-6-5-10-3-4-11(8-14)13-10/h9-11,13H,3-8H2,1-2H3/t10-,11+/m1/s1. The summed E-state index contributed by atoms with van der Waals surface area (Å²) in [4.78, 5) is 14.0. The second kappa shape index (κ2) is 4.52. The lowest BCUT2D eigenvalue weighted by Crippen LogP contribution is -2.39. The molecule has 2 rings (SSSR count). The van der Waals surface area contributed by atoms with Crippen molar-refractivity contribution in [1.29, 1.82) is 0 Å². The highest BCUT2D eigenvalue weighted by Crippen LogP contribution is 2.21. The molecule has 2 bridgehead atoms. The van der Waals surface area contributed by atoms with Crippen molar-refractivity contribution in [3.05, 3.63) is 0 Å². The minimum atomic E-state index is 0.347. The fraction of sp³-hybridized carbons (Fsp3) is 0.917. The van der Waals surface area contributed by atoms with Crippen LogP contribution in [0.2, 0.25) is 0 Å². The number of carbonyl (C=O) groups excluding carboxylic acids is 1. The molecule has 0 radical (unpaired) electrons. The first-order valence-electron chi connectivity index (χ1n) is 6.19. The second-order valence-electron chi connectivity index (χ2n) is 5.36. The molecule has 0 aromatic heterocycles. The zero-order valence-corrected chi connectivity index (χ0v) is 9.83. The summed E-state index contributed by atoms with van der Waals surface area (Å²) < 4.78 is 0. The van der Waals surface area contributed by atoms with Crippen LogP contribution in [0.15, 0.2) is 0 Å². The van der Waals surface area contributed by atoms with Crippen molar-refractivity contribution in [2.75, 3.05) is 13.1 Å². The lowest BCUT2D eigenvalue weighted by molar-refractivity contribution is -0.132. The number of amides is 1. The minimum Gasteiger partial charge on any atom is -0.341 e. The largest absolute Gasteiger partial charge is 0.341 e. The Morgan fingerprint density at radius 2 is 2.07 bits per heavy atom. The highest BCUT2D eigenvalue weighted by Gasteiger charge is 2.30. The molecule has 0 aromatic rings. The van der Waals surface area contributed by atoms with Gasteiger partial charge >= 0.3 is 0 Å². The maximum absolute atomic E-state index is 11.9. The van der Waals surface area contributed by atoms with E-state index in [9.17, 15) is 4.79 Å². The van der Waals surface area contributed by atoms with Crippen LogP contribution < -0.4 is 5.32 Å². The van der Waals surface area contributed by atoms with E-state index in [0.29, 0.717) is 30.3 Å². The predicted octanol–water partition coefficient (Wildman–Crippen LogP) is 1.39. The Hall–Kier alpha value is -0.570. The molecular weight excluding hydrogens is 188 g/mol. The van der Waals surface area contributed by atoms with Gasteiger partial charge in [0.1, 0.15) is 0 Å². The Bertz CT molecular complexity index is 240. The summed E-state index contributed by atoms with van der Waals surface area (Å²) >= 11 is 0. The van der Waals surface area contributed by atoms with E-state index in [1.54, 1.807) is 0 Å². The van der Waals surface area contributed by atoms with Crippen molar-refractivity contribution >= 4 is 5.91 Å². The van der Waals surface area contributed by atoms with Gasteiger partial charge in [0.15, 0.2) is 0 Å². The summed E-state index contributed by atoms with van der Waals surface area (Å²) in [7, 11) is 0. The van der Waals surface area contributed by atoms with E-state index in [-0.39, 0.29) is 0 Å². The van der Waals surface area contributed by atoms with E-state index in [4.69, 9.17) is 0 Å². The summed E-state index contributed by atoms with van der Waals surface area (Å²) in [5.41, 5.74) is 0. The molecule has 1 N–H and O–H groups in total. The Kier molecular flexibility index (Phi) is 3.29. The number of hydrogen-bond donors (Lipinski definition) is 1. The molecule has 1 amide bonds. The Morgan fingerprint density at radius 1 is 1.33 bits per heavy atom. The van der Waals surface area contributed by atoms with Crippen LogP contribution in [0.1, 0.15) is 39.5 Å². The van der Waals surface area contributed by atoms with Crippen molar-refractivity contribution in [2.24, 2.45) is 5.92 Å². The van der Waals surface area contributed by atoms with Crippen molar-refractivity contribution in [2.45, 2.75) is 51.6 Å². The summed E-state index contributed by atoms with van der Waals surface area (Å²) in [6.45, 7) is 6.11. The van der Waals surface area contributed by atoms with Crippen LogP contribution in [0, 0.1) is 5.92 Å². The van der Waals surface area contributed by atoms with Crippen LogP contribution in [0.5, 0.6) is 0 Å². The first kappa shape index (κ1) is 10.9. The molecule has 0 aliphatic carbocycles. The lowest BCUT2D eigenvalue weighted by atomic mass is 10.1. The Labute approximate surface area is 92.2 Å². The van der Waals surface area contributed by atoms with Crippen LogP contribution in [0.25, 0.3) is 0 Å². The maximum atomic E-state index is 11.9. The monoisotopic (exact) mass is 210 g/mol. The Balaban J connectivity index is 1.90. The molecule has 2 aliphatic heterocycles. The van der Waals surface area contributed by atoms with Gasteiger partial charge in [0.05, 0.1) is 0 Å². The van der Waals surface area contributed by atoms with Gasteiger partial charge in [-0.3, -0.25) is 4.79 Å². The summed E-state index contributed by atoms with van der Waals surface area (Å²) in [6.07, 6.45) is 4.39. The van der Waals surface area contributed by atoms with Crippen molar-refractivity contribution in [3.63, 3.8) is 0 Å². The molecule has 15 heavy (non-hydrogen) atoms. The van der Waals surface area contributed by atoms with Gasteiger partial charge in [-0.05, 0) is 25.2 Å². The first-order valence-corrected chi connectivity index (χ1v) is 6.19. The van der Waals surface area contributed by atoms with Gasteiger partial charge in [0.25, 0.3) is 0 Å². The molecule has 2 atom stereocenters. The maximum Gasteiger partial charge on any atom is 0.222 e. The molecule has 2 aliphatic rings. The quantitative estimate of drug-likeness (QED) is 0.747. The summed E-state index contributed by atoms with van der Waals surface area (Å²) in [6, 6.07) is 1.24. The molecule has 2 heterocycles. The molecule has 0 spiro atoms. The highest BCUT2D eigenvalue weighted by atomic mass is 16.2. The van der Waals surface area contributed by atoms with E-state index in [1.165, 1.54) is 12.8 Å². The fourth-order valence-electron chi connectivity index (χ4n) is 2.65. The molecule has 2 saturated heterocycles. The van der Waals surface area contributed by atoms with E-state index in [1.807, 2.05) is 0 Å². The fourth-order valence-corrected chi connectivity index (χ4v) is 2.65. The number of carbonyl (C=O) groups is 1. The normalized spacial score (nSPS) is 30.7. The number of nitrogens with zero attached hydrogens (tertiary/aromatic N) is 1. The van der Waals surface area contributed by atoms with Gasteiger partial charge in [0, 0.05) is 31.6 Å². The lowest BCUT2D eigenvalue weighted by Gasteiger charge is -2.25. The van der Waals surface area contributed by atoms with E-state index < -0.39 is 0 Å². The summed E-state index contributed by atoms with van der Waals surface area (Å²) in [5, 5.41) is 3.60. The SMILES string of the molecule is CC(C)CC(=O)N1CC[C@H]2CC[C@@H](C1)N2. The van der Waals surface area contributed by atoms with Crippen LogP contribution >= 0.6 is 0 Å². The number of nitrogens with one attached hydrogen (secondary N) is 1. The molecule has 3 heteroatoms. The minimum absolute atomic E-state index is 0.347. The molecule has 0 aromatic carbocycles. The zero-order valence-electron chi connectivity index (χ0n) is 9.83. The Morgan fingerprint density at radius 3 is 2.80 bits per heavy atom. The summed E-state index contributed by atoms with van der Waals surface area (Å²) in [5.74, 6) is 0.824. The molecule has 3 nitrogen and oxygen atoms in total. The molecule has 0 unspecified atom stereocenters. The van der Waals surface area contributed by atoms with Crippen molar-refractivity contribution < 1.29 is 4.79 Å². The van der Waals surface area contributed by atoms with Gasteiger partial charge in [0.2, 0.25) is 5.91 Å². The van der Waals surface area contributed by atoms with E-state index >= 15 is 0 Å². The average molecular weight is 210 g/mol.